The second kappa shape index (κ2) is 5.75. The molecule has 0 aromatic heterocycles. The van der Waals surface area contributed by atoms with Crippen LogP contribution in [0.5, 0.6) is 0 Å². The average molecular weight is 382 g/mol. The van der Waals surface area contributed by atoms with E-state index in [0.29, 0.717) is 0 Å². The van der Waals surface area contributed by atoms with Gasteiger partial charge < -0.3 is 0 Å². The summed E-state index contributed by atoms with van der Waals surface area (Å²) in [7, 11) is 0. The zero-order valence-corrected chi connectivity index (χ0v) is 13.3. The van der Waals surface area contributed by atoms with Crippen molar-refractivity contribution in [2.24, 2.45) is 0 Å². The molecule has 2 aromatic rings. The third-order valence-electron chi connectivity index (χ3n) is 3.12. The number of benzene rings is 2. The molecule has 0 aliphatic heterocycles. The van der Waals surface area contributed by atoms with E-state index in [9.17, 15) is 28.1 Å². The maximum atomic E-state index is 12.7. The van der Waals surface area contributed by atoms with Crippen LogP contribution in [0.3, 0.4) is 0 Å². The van der Waals surface area contributed by atoms with Crippen molar-refractivity contribution in [3.05, 3.63) is 56.6 Å². The molecule has 0 saturated heterocycles. The molecule has 0 aliphatic carbocycles. The number of nitrogen functional groups attached to an aromatic ring is 2. The molecule has 0 saturated carbocycles. The number of nitro groups is 2. The number of nitrogens with two attached hydrogens (primary N) is 2. The molecule has 23 heavy (non-hydrogen) atoms. The summed E-state index contributed by atoms with van der Waals surface area (Å²) in [4.78, 5) is 20.2. The summed E-state index contributed by atoms with van der Waals surface area (Å²) in [5.74, 6) is 0. The molecule has 0 radical (unpaired) electrons. The van der Waals surface area contributed by atoms with Crippen molar-refractivity contribution in [1.82, 2.24) is 0 Å². The van der Waals surface area contributed by atoms with E-state index >= 15 is 0 Å². The molecule has 2 aromatic carbocycles. The Morgan fingerprint density at radius 2 is 1.22 bits per heavy atom. The van der Waals surface area contributed by atoms with Crippen molar-refractivity contribution in [3.8, 4) is 0 Å². The Morgan fingerprint density at radius 1 is 0.870 bits per heavy atom. The average Bonchev–Trinajstić information content (AvgIpc) is 2.47. The van der Waals surface area contributed by atoms with Crippen molar-refractivity contribution >= 4 is 45.3 Å². The summed E-state index contributed by atoms with van der Waals surface area (Å²) >= 11 is -5.02. The molecule has 0 spiro atoms. The van der Waals surface area contributed by atoms with Crippen molar-refractivity contribution in [2.45, 2.75) is 0 Å². The number of nitro benzene ring substituents is 2. The molecule has 0 amide bonds. The number of hydrogen-bond donors (Lipinski definition) is 3. The molecule has 120 valence electrons. The predicted octanol–water partition coefficient (Wildman–Crippen LogP) is -0.353. The van der Waals surface area contributed by atoms with Crippen LogP contribution in [0.25, 0.3) is 0 Å². The summed E-state index contributed by atoms with van der Waals surface area (Å²) < 4.78 is 22.6. The Balaban J connectivity index is 2.61. The predicted molar refractivity (Wildman–Crippen MR) is 82.9 cm³/mol. The Kier molecular flexibility index (Phi) is 4.13. The van der Waals surface area contributed by atoms with Gasteiger partial charge >= 0.3 is 131 Å². The Bertz CT molecular complexity index is 801. The van der Waals surface area contributed by atoms with Crippen molar-refractivity contribution in [2.75, 3.05) is 11.5 Å². The van der Waals surface area contributed by atoms with Gasteiger partial charge in [-0.25, -0.2) is 0 Å². The first kappa shape index (κ1) is 16.5. The molecule has 5 N–H and O–H groups in total. The first-order valence-electron chi connectivity index (χ1n) is 6.06. The van der Waals surface area contributed by atoms with Crippen LogP contribution in [0.2, 0.25) is 0 Å². The van der Waals surface area contributed by atoms with Gasteiger partial charge in [0.2, 0.25) is 0 Å². The first-order valence-corrected chi connectivity index (χ1v) is 9.54. The van der Waals surface area contributed by atoms with Gasteiger partial charge in [0, 0.05) is 0 Å². The van der Waals surface area contributed by atoms with Gasteiger partial charge in [-0.2, -0.15) is 0 Å². The van der Waals surface area contributed by atoms with Crippen molar-refractivity contribution in [3.63, 3.8) is 0 Å². The van der Waals surface area contributed by atoms with Crippen LogP contribution < -0.4 is 20.2 Å². The first-order chi connectivity index (χ1) is 10.6. The van der Waals surface area contributed by atoms with Gasteiger partial charge in [0.15, 0.2) is 0 Å². The minimum atomic E-state index is -5.02. The van der Waals surface area contributed by atoms with Crippen LogP contribution in [0.1, 0.15) is 0 Å². The Hall–Kier alpha value is -2.84. The van der Waals surface area contributed by atoms with Crippen molar-refractivity contribution in [1.29, 1.82) is 0 Å². The molecule has 0 atom stereocenters. The number of nitrogens with zero attached hydrogens (tertiary/aromatic N) is 2. The molecule has 0 heterocycles. The number of anilines is 2. The van der Waals surface area contributed by atoms with Gasteiger partial charge in [-0.15, -0.1) is 0 Å². The fourth-order valence-electron chi connectivity index (χ4n) is 1.91. The van der Waals surface area contributed by atoms with Crippen LogP contribution in [0.15, 0.2) is 36.4 Å². The normalized spacial score (nSPS) is 11.2. The van der Waals surface area contributed by atoms with Crippen LogP contribution in [0, 0.1) is 20.2 Å². The third kappa shape index (κ3) is 3.03. The zero-order chi connectivity index (χ0) is 17.4. The number of hydrogen-bond acceptors (Lipinski definition) is 7. The SMILES string of the molecule is Nc1ccc([As](=O)(O)c2ccc(N)c([N+](=O)[O-])c2)cc1[N+](=O)[O-]. The summed E-state index contributed by atoms with van der Waals surface area (Å²) in [5.41, 5.74) is 9.56. The number of rotatable bonds is 4. The van der Waals surface area contributed by atoms with E-state index in [4.69, 9.17) is 11.5 Å². The van der Waals surface area contributed by atoms with Gasteiger partial charge in [0.1, 0.15) is 0 Å². The topological polar surface area (TPSA) is 176 Å². The second-order valence-electron chi connectivity index (χ2n) is 4.58. The maximum absolute atomic E-state index is 12.7. The van der Waals surface area contributed by atoms with Crippen LogP contribution in [-0.4, -0.2) is 27.8 Å². The molecule has 0 unspecified atom stereocenters. The van der Waals surface area contributed by atoms with E-state index < -0.39 is 35.1 Å². The quantitative estimate of drug-likeness (QED) is 0.278. The molecular formula is C12H11AsN4O6. The van der Waals surface area contributed by atoms with E-state index in [1.807, 2.05) is 0 Å². The molecule has 2 rings (SSSR count). The molecule has 0 aliphatic rings. The van der Waals surface area contributed by atoms with E-state index in [1.54, 1.807) is 0 Å². The van der Waals surface area contributed by atoms with E-state index in [-0.39, 0.29) is 20.1 Å². The van der Waals surface area contributed by atoms with Gasteiger partial charge in [-0.1, -0.05) is 0 Å². The van der Waals surface area contributed by atoms with Crippen LogP contribution >= 0.6 is 0 Å². The monoisotopic (exact) mass is 382 g/mol. The fraction of sp³-hybridized carbons (Fsp3) is 0. The van der Waals surface area contributed by atoms with Crippen LogP contribution in [0.4, 0.5) is 22.7 Å². The standard InChI is InChI=1S/C12H11AsN4O6/c14-9-3-1-7(5-11(9)16(20)21)13(18,19)8-2-4-10(15)12(6-8)17(22)23/h1-6H,14-15H2,(H,18,19). The van der Waals surface area contributed by atoms with Gasteiger partial charge in [-0.3, -0.25) is 0 Å². The summed E-state index contributed by atoms with van der Waals surface area (Å²) in [5, 5.41) is 21.8. The van der Waals surface area contributed by atoms with E-state index in [1.165, 1.54) is 12.1 Å². The molecular weight excluding hydrogens is 371 g/mol. The third-order valence-corrected chi connectivity index (χ3v) is 7.23. The minimum absolute atomic E-state index is 0.155. The van der Waals surface area contributed by atoms with Crippen molar-refractivity contribution < 1.29 is 17.7 Å². The molecule has 11 heteroatoms. The van der Waals surface area contributed by atoms with E-state index in [0.717, 1.165) is 24.3 Å². The molecule has 0 bridgehead atoms. The van der Waals surface area contributed by atoms with E-state index in [2.05, 4.69) is 0 Å². The summed E-state index contributed by atoms with van der Waals surface area (Å²) in [6.45, 7) is 0. The van der Waals surface area contributed by atoms with Gasteiger partial charge in [-0.05, 0) is 0 Å². The summed E-state index contributed by atoms with van der Waals surface area (Å²) in [6.07, 6.45) is 0. The Morgan fingerprint density at radius 3 is 1.52 bits per heavy atom. The zero-order valence-electron chi connectivity index (χ0n) is 11.4. The van der Waals surface area contributed by atoms with Crippen LogP contribution in [-0.2, 0) is 3.74 Å². The van der Waals surface area contributed by atoms with Gasteiger partial charge in [0.25, 0.3) is 0 Å². The molecule has 10 nitrogen and oxygen atoms in total. The molecule has 0 fully saturated rings. The Labute approximate surface area is 131 Å². The second-order valence-corrected chi connectivity index (χ2v) is 9.16. The fourth-order valence-corrected chi connectivity index (χ4v) is 4.94. The summed E-state index contributed by atoms with van der Waals surface area (Å²) in [6, 6.07) is 6.46. The van der Waals surface area contributed by atoms with Gasteiger partial charge in [0.05, 0.1) is 0 Å².